The number of benzene rings is 1. The zero-order valence-corrected chi connectivity index (χ0v) is 11.6. The summed E-state index contributed by atoms with van der Waals surface area (Å²) in [5, 5.41) is 3.71. The standard InChI is InChI=1S/C16H25NO/c1-3-4-5-8-13(2)17-16-12-18-11-14-9-6-7-10-15(14)16/h6-7,9-10,13,16-17H,3-5,8,11-12H2,1-2H3. The van der Waals surface area contributed by atoms with Gasteiger partial charge in [0.1, 0.15) is 0 Å². The van der Waals surface area contributed by atoms with Gasteiger partial charge in [0.25, 0.3) is 0 Å². The van der Waals surface area contributed by atoms with Crippen LogP contribution >= 0.6 is 0 Å². The highest BCUT2D eigenvalue weighted by Crippen LogP contribution is 2.25. The van der Waals surface area contributed by atoms with Crippen LogP contribution in [0.3, 0.4) is 0 Å². The molecule has 2 heteroatoms. The molecule has 2 nitrogen and oxygen atoms in total. The van der Waals surface area contributed by atoms with Crippen molar-refractivity contribution in [3.05, 3.63) is 35.4 Å². The second-order valence-electron chi connectivity index (χ2n) is 5.33. The maximum atomic E-state index is 5.67. The van der Waals surface area contributed by atoms with Gasteiger partial charge in [-0.05, 0) is 24.5 Å². The molecule has 2 unspecified atom stereocenters. The van der Waals surface area contributed by atoms with E-state index in [0.717, 1.165) is 13.2 Å². The Balaban J connectivity index is 1.90. The van der Waals surface area contributed by atoms with E-state index >= 15 is 0 Å². The summed E-state index contributed by atoms with van der Waals surface area (Å²) in [6.45, 7) is 6.10. The minimum Gasteiger partial charge on any atom is -0.375 e. The molecule has 1 aliphatic rings. The molecular formula is C16H25NO. The summed E-state index contributed by atoms with van der Waals surface area (Å²) in [6.07, 6.45) is 5.21. The van der Waals surface area contributed by atoms with Crippen LogP contribution in [0.2, 0.25) is 0 Å². The average molecular weight is 247 g/mol. The Morgan fingerprint density at radius 2 is 2.17 bits per heavy atom. The number of unbranched alkanes of at least 4 members (excludes halogenated alkanes) is 2. The Labute approximate surface area is 111 Å². The van der Waals surface area contributed by atoms with Crippen LogP contribution in [0, 0.1) is 0 Å². The average Bonchev–Trinajstić information content (AvgIpc) is 2.39. The van der Waals surface area contributed by atoms with E-state index in [1.165, 1.54) is 36.8 Å². The van der Waals surface area contributed by atoms with Crippen LogP contribution in [-0.2, 0) is 11.3 Å². The number of rotatable bonds is 6. The number of ether oxygens (including phenoxy) is 1. The second kappa shape index (κ2) is 6.91. The molecule has 0 radical (unpaired) electrons. The lowest BCUT2D eigenvalue weighted by atomic mass is 9.98. The van der Waals surface area contributed by atoms with E-state index in [1.54, 1.807) is 0 Å². The fourth-order valence-corrected chi connectivity index (χ4v) is 2.65. The molecule has 1 aromatic rings. The van der Waals surface area contributed by atoms with Crippen LogP contribution < -0.4 is 5.32 Å². The third kappa shape index (κ3) is 3.56. The van der Waals surface area contributed by atoms with E-state index in [2.05, 4.69) is 43.4 Å². The zero-order valence-electron chi connectivity index (χ0n) is 11.6. The van der Waals surface area contributed by atoms with E-state index < -0.39 is 0 Å². The molecule has 2 atom stereocenters. The van der Waals surface area contributed by atoms with Gasteiger partial charge in [-0.1, -0.05) is 50.5 Å². The quantitative estimate of drug-likeness (QED) is 0.772. The third-order valence-electron chi connectivity index (χ3n) is 3.70. The molecule has 18 heavy (non-hydrogen) atoms. The van der Waals surface area contributed by atoms with E-state index in [4.69, 9.17) is 4.74 Å². The molecule has 100 valence electrons. The van der Waals surface area contributed by atoms with Crippen molar-refractivity contribution in [2.24, 2.45) is 0 Å². The summed E-state index contributed by atoms with van der Waals surface area (Å²) in [6, 6.07) is 9.55. The van der Waals surface area contributed by atoms with Gasteiger partial charge in [-0.25, -0.2) is 0 Å². The number of hydrogen-bond acceptors (Lipinski definition) is 2. The molecule has 0 aliphatic carbocycles. The molecule has 0 aromatic heterocycles. The Morgan fingerprint density at radius 1 is 1.33 bits per heavy atom. The van der Waals surface area contributed by atoms with Crippen LogP contribution in [0.5, 0.6) is 0 Å². The lowest BCUT2D eigenvalue weighted by molar-refractivity contribution is 0.0786. The maximum absolute atomic E-state index is 5.67. The van der Waals surface area contributed by atoms with Gasteiger partial charge in [0.15, 0.2) is 0 Å². The Hall–Kier alpha value is -0.860. The Kier molecular flexibility index (Phi) is 5.21. The molecule has 0 spiro atoms. The van der Waals surface area contributed by atoms with Crippen molar-refractivity contribution in [1.82, 2.24) is 5.32 Å². The summed E-state index contributed by atoms with van der Waals surface area (Å²) in [5.74, 6) is 0. The highest BCUT2D eigenvalue weighted by atomic mass is 16.5. The first-order valence-electron chi connectivity index (χ1n) is 7.23. The van der Waals surface area contributed by atoms with Gasteiger partial charge >= 0.3 is 0 Å². The number of hydrogen-bond donors (Lipinski definition) is 1. The summed E-state index contributed by atoms with van der Waals surface area (Å²) >= 11 is 0. The van der Waals surface area contributed by atoms with Crippen LogP contribution in [0.15, 0.2) is 24.3 Å². The first-order valence-corrected chi connectivity index (χ1v) is 7.23. The predicted octanol–water partition coefficient (Wildman–Crippen LogP) is 3.82. The summed E-state index contributed by atoms with van der Waals surface area (Å²) in [4.78, 5) is 0. The third-order valence-corrected chi connectivity index (χ3v) is 3.70. The molecule has 0 saturated heterocycles. The van der Waals surface area contributed by atoms with E-state index in [-0.39, 0.29) is 0 Å². The zero-order chi connectivity index (χ0) is 12.8. The second-order valence-corrected chi connectivity index (χ2v) is 5.33. The molecule has 1 heterocycles. The minimum atomic E-state index is 0.367. The van der Waals surface area contributed by atoms with Gasteiger partial charge < -0.3 is 10.1 Å². The molecule has 0 saturated carbocycles. The fraction of sp³-hybridized carbons (Fsp3) is 0.625. The summed E-state index contributed by atoms with van der Waals surface area (Å²) < 4.78 is 5.67. The molecule has 2 rings (SSSR count). The van der Waals surface area contributed by atoms with Crippen molar-refractivity contribution in [3.63, 3.8) is 0 Å². The highest BCUT2D eigenvalue weighted by Gasteiger charge is 2.21. The molecule has 0 amide bonds. The largest absolute Gasteiger partial charge is 0.375 e. The van der Waals surface area contributed by atoms with Crippen molar-refractivity contribution >= 4 is 0 Å². The molecule has 1 N–H and O–H groups in total. The summed E-state index contributed by atoms with van der Waals surface area (Å²) in [5.41, 5.74) is 2.76. The van der Waals surface area contributed by atoms with Gasteiger partial charge in [0.05, 0.1) is 19.3 Å². The number of nitrogens with one attached hydrogen (secondary N) is 1. The van der Waals surface area contributed by atoms with Gasteiger partial charge in [-0.2, -0.15) is 0 Å². The number of fused-ring (bicyclic) bond motifs is 1. The normalized spacial score (nSPS) is 20.4. The van der Waals surface area contributed by atoms with Crippen LogP contribution in [-0.4, -0.2) is 12.6 Å². The van der Waals surface area contributed by atoms with Crippen molar-refractivity contribution in [3.8, 4) is 0 Å². The van der Waals surface area contributed by atoms with E-state index in [9.17, 15) is 0 Å². The van der Waals surface area contributed by atoms with Crippen LogP contribution in [0.4, 0.5) is 0 Å². The highest BCUT2D eigenvalue weighted by molar-refractivity contribution is 5.31. The summed E-state index contributed by atoms with van der Waals surface area (Å²) in [7, 11) is 0. The van der Waals surface area contributed by atoms with Gasteiger partial charge in [0.2, 0.25) is 0 Å². The smallest absolute Gasteiger partial charge is 0.0721 e. The lowest BCUT2D eigenvalue weighted by Gasteiger charge is -2.29. The minimum absolute atomic E-state index is 0.367. The molecule has 1 aromatic carbocycles. The topological polar surface area (TPSA) is 21.3 Å². The Bertz CT molecular complexity index is 364. The van der Waals surface area contributed by atoms with Gasteiger partial charge in [-0.15, -0.1) is 0 Å². The van der Waals surface area contributed by atoms with Crippen molar-refractivity contribution in [2.45, 2.75) is 58.2 Å². The molecule has 0 fully saturated rings. The monoisotopic (exact) mass is 247 g/mol. The van der Waals surface area contributed by atoms with E-state index in [1.807, 2.05) is 0 Å². The Morgan fingerprint density at radius 3 is 3.00 bits per heavy atom. The molecule has 0 bridgehead atoms. The maximum Gasteiger partial charge on any atom is 0.0721 e. The first kappa shape index (κ1) is 13.6. The van der Waals surface area contributed by atoms with E-state index in [0.29, 0.717) is 12.1 Å². The molecule has 1 aliphatic heterocycles. The lowest BCUT2D eigenvalue weighted by Crippen LogP contribution is -2.35. The van der Waals surface area contributed by atoms with Gasteiger partial charge in [-0.3, -0.25) is 0 Å². The predicted molar refractivity (Wildman–Crippen MR) is 75.6 cm³/mol. The first-order chi connectivity index (χ1) is 8.81. The van der Waals surface area contributed by atoms with Crippen molar-refractivity contribution < 1.29 is 4.74 Å². The fourth-order valence-electron chi connectivity index (χ4n) is 2.65. The van der Waals surface area contributed by atoms with Crippen molar-refractivity contribution in [2.75, 3.05) is 6.61 Å². The van der Waals surface area contributed by atoms with Crippen LogP contribution in [0.1, 0.15) is 56.7 Å². The molecular weight excluding hydrogens is 222 g/mol. The van der Waals surface area contributed by atoms with Gasteiger partial charge in [0, 0.05) is 6.04 Å². The van der Waals surface area contributed by atoms with Crippen LogP contribution in [0.25, 0.3) is 0 Å². The SMILES string of the molecule is CCCCCC(C)NC1COCc2ccccc21. The van der Waals surface area contributed by atoms with Crippen molar-refractivity contribution in [1.29, 1.82) is 0 Å².